The molecule has 0 atom stereocenters. The first-order chi connectivity index (χ1) is 6.63. The first kappa shape index (κ1) is 10.1. The van der Waals surface area contributed by atoms with Gasteiger partial charge in [0.1, 0.15) is 6.21 Å². The van der Waals surface area contributed by atoms with E-state index in [1.165, 1.54) is 6.07 Å². The number of hydrogen-bond donors (Lipinski definition) is 2. The Hall–Kier alpha value is -1.98. The lowest BCUT2D eigenvalue weighted by atomic mass is 10.3. The molecule has 14 heavy (non-hydrogen) atoms. The Kier molecular flexibility index (Phi) is 3.11. The van der Waals surface area contributed by atoms with Gasteiger partial charge in [-0.1, -0.05) is 5.16 Å². The first-order valence-electron chi connectivity index (χ1n) is 3.57. The highest BCUT2D eigenvalue weighted by molar-refractivity contribution is 6.31. The fourth-order valence-electron chi connectivity index (χ4n) is 0.801. The molecule has 0 saturated heterocycles. The standard InChI is InChI=1S/C8H6F2N2O2/c9-6-2-1-5(3-7(6)10)12-8(13)4-11-14/h1-4,14H,(H,12,13). The molecule has 0 aliphatic rings. The maximum Gasteiger partial charge on any atom is 0.270 e. The number of amides is 1. The molecule has 1 aromatic carbocycles. The SMILES string of the molecule is O=C(C=NO)Nc1ccc(F)c(F)c1. The average molecular weight is 200 g/mol. The number of nitrogens with zero attached hydrogens (tertiary/aromatic N) is 1. The molecule has 0 unspecified atom stereocenters. The van der Waals surface area contributed by atoms with Crippen LogP contribution in [0.2, 0.25) is 0 Å². The molecule has 0 saturated carbocycles. The fourth-order valence-corrected chi connectivity index (χ4v) is 0.801. The van der Waals surface area contributed by atoms with Crippen molar-refractivity contribution in [2.45, 2.75) is 0 Å². The zero-order chi connectivity index (χ0) is 10.6. The second-order valence-corrected chi connectivity index (χ2v) is 2.36. The van der Waals surface area contributed by atoms with Crippen molar-refractivity contribution in [3.63, 3.8) is 0 Å². The Morgan fingerprint density at radius 3 is 2.71 bits per heavy atom. The molecule has 0 heterocycles. The van der Waals surface area contributed by atoms with Gasteiger partial charge in [-0.05, 0) is 12.1 Å². The van der Waals surface area contributed by atoms with Gasteiger partial charge in [0.2, 0.25) is 0 Å². The summed E-state index contributed by atoms with van der Waals surface area (Å²) in [4.78, 5) is 10.8. The van der Waals surface area contributed by atoms with E-state index in [9.17, 15) is 13.6 Å². The topological polar surface area (TPSA) is 61.7 Å². The molecule has 0 bridgehead atoms. The minimum Gasteiger partial charge on any atom is -0.411 e. The highest BCUT2D eigenvalue weighted by atomic mass is 19.2. The van der Waals surface area contributed by atoms with Crippen LogP contribution in [-0.2, 0) is 4.79 Å². The number of halogens is 2. The van der Waals surface area contributed by atoms with Crippen LogP contribution in [0.4, 0.5) is 14.5 Å². The van der Waals surface area contributed by atoms with Crippen LogP contribution in [0.25, 0.3) is 0 Å². The van der Waals surface area contributed by atoms with Crippen LogP contribution >= 0.6 is 0 Å². The predicted molar refractivity (Wildman–Crippen MR) is 45.3 cm³/mol. The Labute approximate surface area is 77.8 Å². The van der Waals surface area contributed by atoms with E-state index < -0.39 is 17.5 Å². The van der Waals surface area contributed by atoms with E-state index in [0.717, 1.165) is 12.1 Å². The van der Waals surface area contributed by atoms with Gasteiger partial charge in [0.05, 0.1) is 0 Å². The van der Waals surface area contributed by atoms with E-state index in [2.05, 4.69) is 10.5 Å². The van der Waals surface area contributed by atoms with E-state index in [4.69, 9.17) is 5.21 Å². The second kappa shape index (κ2) is 4.31. The van der Waals surface area contributed by atoms with E-state index in [0.29, 0.717) is 6.21 Å². The lowest BCUT2D eigenvalue weighted by Gasteiger charge is -2.01. The molecule has 0 radical (unpaired) electrons. The molecule has 0 aliphatic heterocycles. The lowest BCUT2D eigenvalue weighted by Crippen LogP contribution is -2.12. The quantitative estimate of drug-likeness (QED) is 0.430. The number of carbonyl (C=O) groups excluding carboxylic acids is 1. The largest absolute Gasteiger partial charge is 0.411 e. The average Bonchev–Trinajstić information content (AvgIpc) is 2.12. The molecule has 0 fully saturated rings. The second-order valence-electron chi connectivity index (χ2n) is 2.36. The number of carbonyl (C=O) groups is 1. The van der Waals surface area contributed by atoms with Gasteiger partial charge in [-0.15, -0.1) is 0 Å². The molecular weight excluding hydrogens is 194 g/mol. The summed E-state index contributed by atoms with van der Waals surface area (Å²) in [5.74, 6) is -2.80. The van der Waals surface area contributed by atoms with Gasteiger partial charge in [-0.2, -0.15) is 0 Å². The number of hydrogen-bond acceptors (Lipinski definition) is 3. The molecule has 0 aliphatic carbocycles. The van der Waals surface area contributed by atoms with Gasteiger partial charge < -0.3 is 10.5 Å². The van der Waals surface area contributed by atoms with Crippen LogP contribution < -0.4 is 5.32 Å². The Morgan fingerprint density at radius 2 is 2.14 bits per heavy atom. The number of benzene rings is 1. The van der Waals surface area contributed by atoms with Crippen molar-refractivity contribution >= 4 is 17.8 Å². The third-order valence-corrected chi connectivity index (χ3v) is 1.36. The van der Waals surface area contributed by atoms with Crippen LogP contribution in [0, 0.1) is 11.6 Å². The Bertz CT molecular complexity index is 380. The van der Waals surface area contributed by atoms with Crippen molar-refractivity contribution in [3.8, 4) is 0 Å². The van der Waals surface area contributed by atoms with Crippen LogP contribution in [0.1, 0.15) is 0 Å². The number of anilines is 1. The summed E-state index contributed by atoms with van der Waals surface area (Å²) in [6.07, 6.45) is 0.598. The maximum atomic E-state index is 12.6. The lowest BCUT2D eigenvalue weighted by molar-refractivity contribution is -0.110. The summed E-state index contributed by atoms with van der Waals surface area (Å²) in [5.41, 5.74) is 0.0776. The number of nitrogens with one attached hydrogen (secondary N) is 1. The van der Waals surface area contributed by atoms with Gasteiger partial charge in [0.15, 0.2) is 11.6 Å². The first-order valence-corrected chi connectivity index (χ1v) is 3.57. The molecular formula is C8H6F2N2O2. The van der Waals surface area contributed by atoms with Crippen LogP contribution in [0.3, 0.4) is 0 Å². The normalized spacial score (nSPS) is 10.4. The summed E-state index contributed by atoms with van der Waals surface area (Å²) in [6.45, 7) is 0. The van der Waals surface area contributed by atoms with Crippen molar-refractivity contribution < 1.29 is 18.8 Å². The predicted octanol–water partition coefficient (Wildman–Crippen LogP) is 1.36. The van der Waals surface area contributed by atoms with Gasteiger partial charge >= 0.3 is 0 Å². The van der Waals surface area contributed by atoms with E-state index in [1.807, 2.05) is 0 Å². The van der Waals surface area contributed by atoms with Gasteiger partial charge in [-0.3, -0.25) is 4.79 Å². The zero-order valence-corrected chi connectivity index (χ0v) is 6.87. The molecule has 0 aromatic heterocycles. The minimum absolute atomic E-state index is 0.0776. The molecule has 1 amide bonds. The zero-order valence-electron chi connectivity index (χ0n) is 6.87. The van der Waals surface area contributed by atoms with Crippen LogP contribution in [-0.4, -0.2) is 17.3 Å². The van der Waals surface area contributed by atoms with E-state index in [1.54, 1.807) is 0 Å². The smallest absolute Gasteiger partial charge is 0.270 e. The minimum atomic E-state index is -1.07. The molecule has 2 N–H and O–H groups in total. The van der Waals surface area contributed by atoms with E-state index in [-0.39, 0.29) is 5.69 Å². The van der Waals surface area contributed by atoms with Crippen molar-refractivity contribution in [2.24, 2.45) is 5.16 Å². The Morgan fingerprint density at radius 1 is 1.43 bits per heavy atom. The number of oxime groups is 1. The molecule has 1 rings (SSSR count). The van der Waals surface area contributed by atoms with E-state index >= 15 is 0 Å². The summed E-state index contributed by atoms with van der Waals surface area (Å²) >= 11 is 0. The van der Waals surface area contributed by atoms with Crippen LogP contribution in [0.15, 0.2) is 23.4 Å². The van der Waals surface area contributed by atoms with Crippen molar-refractivity contribution in [2.75, 3.05) is 5.32 Å². The summed E-state index contributed by atoms with van der Waals surface area (Å²) in [7, 11) is 0. The molecule has 4 nitrogen and oxygen atoms in total. The third kappa shape index (κ3) is 2.51. The highest BCUT2D eigenvalue weighted by Gasteiger charge is 2.04. The summed E-state index contributed by atoms with van der Waals surface area (Å²) in [5, 5.41) is 12.6. The number of rotatable bonds is 2. The monoisotopic (exact) mass is 200 g/mol. The molecule has 74 valence electrons. The Balaban J connectivity index is 2.78. The van der Waals surface area contributed by atoms with Gasteiger partial charge in [-0.25, -0.2) is 8.78 Å². The van der Waals surface area contributed by atoms with Crippen molar-refractivity contribution in [1.29, 1.82) is 0 Å². The molecule has 6 heteroatoms. The van der Waals surface area contributed by atoms with Gasteiger partial charge in [0, 0.05) is 11.8 Å². The third-order valence-electron chi connectivity index (χ3n) is 1.36. The summed E-state index contributed by atoms with van der Waals surface area (Å²) < 4.78 is 25.0. The molecule has 1 aromatic rings. The van der Waals surface area contributed by atoms with Crippen molar-refractivity contribution in [3.05, 3.63) is 29.8 Å². The highest BCUT2D eigenvalue weighted by Crippen LogP contribution is 2.12. The summed E-state index contributed by atoms with van der Waals surface area (Å²) in [6, 6.07) is 2.88. The van der Waals surface area contributed by atoms with Crippen molar-refractivity contribution in [1.82, 2.24) is 0 Å². The molecule has 0 spiro atoms. The van der Waals surface area contributed by atoms with Crippen LogP contribution in [0.5, 0.6) is 0 Å². The maximum absolute atomic E-state index is 12.6. The van der Waals surface area contributed by atoms with Gasteiger partial charge in [0.25, 0.3) is 5.91 Å². The fraction of sp³-hybridized carbons (Fsp3) is 0.